The van der Waals surface area contributed by atoms with Crippen LogP contribution in [0.2, 0.25) is 0 Å². The van der Waals surface area contributed by atoms with Gasteiger partial charge in [0.1, 0.15) is 11.9 Å². The molecular formula is C16H13BrN2O2S. The Morgan fingerprint density at radius 1 is 1.32 bits per heavy atom. The fourth-order valence-electron chi connectivity index (χ4n) is 2.27. The molecule has 0 aliphatic rings. The molecular weight excluding hydrogens is 364 g/mol. The van der Waals surface area contributed by atoms with Gasteiger partial charge in [0.25, 0.3) is 0 Å². The maximum Gasteiger partial charge on any atom is 0.326 e. The average molecular weight is 377 g/mol. The molecule has 0 aliphatic heterocycles. The number of pyridine rings is 1. The van der Waals surface area contributed by atoms with Gasteiger partial charge in [-0.2, -0.15) is 0 Å². The number of hydrogen-bond acceptors (Lipinski definition) is 4. The van der Waals surface area contributed by atoms with Crippen molar-refractivity contribution in [2.24, 2.45) is 0 Å². The van der Waals surface area contributed by atoms with E-state index in [2.05, 4.69) is 26.2 Å². The van der Waals surface area contributed by atoms with Crippen molar-refractivity contribution in [1.29, 1.82) is 0 Å². The molecule has 3 rings (SSSR count). The monoisotopic (exact) mass is 376 g/mol. The van der Waals surface area contributed by atoms with E-state index in [-0.39, 0.29) is 0 Å². The number of rotatable bonds is 5. The highest BCUT2D eigenvalue weighted by Crippen LogP contribution is 2.34. The number of anilines is 1. The summed E-state index contributed by atoms with van der Waals surface area (Å²) in [6, 6.07) is 10.8. The molecule has 0 spiro atoms. The lowest BCUT2D eigenvalue weighted by atomic mass is 10.1. The Hall–Kier alpha value is -1.92. The van der Waals surface area contributed by atoms with Gasteiger partial charge in [0, 0.05) is 32.6 Å². The van der Waals surface area contributed by atoms with E-state index < -0.39 is 12.0 Å². The number of nitrogens with one attached hydrogen (secondary N) is 1. The summed E-state index contributed by atoms with van der Waals surface area (Å²) in [5.41, 5.74) is 0.971. The third-order valence-corrected chi connectivity index (χ3v) is 5.21. The number of halogens is 1. The van der Waals surface area contributed by atoms with Gasteiger partial charge in [-0.25, -0.2) is 9.78 Å². The Bertz CT molecular complexity index is 804. The lowest BCUT2D eigenvalue weighted by Crippen LogP contribution is -2.31. The van der Waals surface area contributed by atoms with Crippen molar-refractivity contribution in [2.75, 3.05) is 5.32 Å². The lowest BCUT2D eigenvalue weighted by Gasteiger charge is -2.16. The number of fused-ring (bicyclic) bond motifs is 1. The van der Waals surface area contributed by atoms with Crippen molar-refractivity contribution in [3.8, 4) is 0 Å². The number of thiophene rings is 1. The summed E-state index contributed by atoms with van der Waals surface area (Å²) in [5.74, 6) is -0.303. The Morgan fingerprint density at radius 3 is 2.82 bits per heavy atom. The minimum Gasteiger partial charge on any atom is -0.480 e. The van der Waals surface area contributed by atoms with Gasteiger partial charge in [-0.05, 0) is 27.6 Å². The van der Waals surface area contributed by atoms with Crippen LogP contribution in [0.5, 0.6) is 0 Å². The topological polar surface area (TPSA) is 62.2 Å². The molecule has 0 radical (unpaired) electrons. The first-order valence-electron chi connectivity index (χ1n) is 6.70. The number of aliphatic carboxylic acids is 1. The molecule has 2 aromatic heterocycles. The Balaban J connectivity index is 1.90. The average Bonchev–Trinajstić information content (AvgIpc) is 2.90. The van der Waals surface area contributed by atoms with Crippen molar-refractivity contribution >= 4 is 49.1 Å². The molecule has 0 bridgehead atoms. The molecule has 112 valence electrons. The maximum absolute atomic E-state index is 11.6. The van der Waals surface area contributed by atoms with Gasteiger partial charge in [-0.15, -0.1) is 11.3 Å². The van der Waals surface area contributed by atoms with Crippen molar-refractivity contribution < 1.29 is 9.90 Å². The third kappa shape index (κ3) is 3.13. The summed E-state index contributed by atoms with van der Waals surface area (Å²) in [5, 5.41) is 15.5. The lowest BCUT2D eigenvalue weighted by molar-refractivity contribution is -0.137. The van der Waals surface area contributed by atoms with Gasteiger partial charge in [-0.3, -0.25) is 0 Å². The standard InChI is InChI=1S/C16H13BrN2O2S/c17-11-9-22-13-6-7-18-15(14(11)13)19-12(16(20)21)8-10-4-2-1-3-5-10/h1-7,9,12H,8H2,(H,18,19)(H,20,21)/t12-/m1/s1. The number of aromatic nitrogens is 1. The van der Waals surface area contributed by atoms with Gasteiger partial charge >= 0.3 is 5.97 Å². The zero-order valence-electron chi connectivity index (χ0n) is 11.5. The van der Waals surface area contributed by atoms with E-state index in [0.717, 1.165) is 20.1 Å². The number of carboxylic acid groups (broad SMARTS) is 1. The molecule has 4 nitrogen and oxygen atoms in total. The molecule has 22 heavy (non-hydrogen) atoms. The highest BCUT2D eigenvalue weighted by Gasteiger charge is 2.20. The number of nitrogens with zero attached hydrogens (tertiary/aromatic N) is 1. The van der Waals surface area contributed by atoms with E-state index in [1.54, 1.807) is 17.5 Å². The van der Waals surface area contributed by atoms with Crippen LogP contribution in [0.25, 0.3) is 10.1 Å². The number of carboxylic acids is 1. The van der Waals surface area contributed by atoms with E-state index in [1.807, 2.05) is 41.8 Å². The number of benzene rings is 1. The first-order chi connectivity index (χ1) is 10.6. The number of hydrogen-bond donors (Lipinski definition) is 2. The molecule has 1 aromatic carbocycles. The van der Waals surface area contributed by atoms with Crippen molar-refractivity contribution in [1.82, 2.24) is 4.98 Å². The second-order valence-corrected chi connectivity index (χ2v) is 6.61. The largest absolute Gasteiger partial charge is 0.480 e. The first-order valence-corrected chi connectivity index (χ1v) is 8.37. The van der Waals surface area contributed by atoms with Crippen LogP contribution < -0.4 is 5.32 Å². The van der Waals surface area contributed by atoms with Crippen LogP contribution in [-0.2, 0) is 11.2 Å². The summed E-state index contributed by atoms with van der Waals surface area (Å²) in [4.78, 5) is 15.9. The third-order valence-electron chi connectivity index (χ3n) is 3.33. The molecule has 6 heteroatoms. The molecule has 0 unspecified atom stereocenters. The second kappa shape index (κ2) is 6.46. The Labute approximate surface area is 139 Å². The molecule has 1 atom stereocenters. The van der Waals surface area contributed by atoms with E-state index in [4.69, 9.17) is 0 Å². The van der Waals surface area contributed by atoms with Gasteiger partial charge in [0.05, 0.1) is 0 Å². The normalized spacial score (nSPS) is 12.2. The molecule has 3 aromatic rings. The molecule has 0 saturated heterocycles. The summed E-state index contributed by atoms with van der Waals surface area (Å²) < 4.78 is 1.99. The quantitative estimate of drug-likeness (QED) is 0.701. The van der Waals surface area contributed by atoms with Crippen LogP contribution in [-0.4, -0.2) is 22.1 Å². The molecule has 0 fully saturated rings. The van der Waals surface area contributed by atoms with Crippen LogP contribution in [0.1, 0.15) is 5.56 Å². The van der Waals surface area contributed by atoms with Crippen LogP contribution >= 0.6 is 27.3 Å². The molecule has 0 saturated carbocycles. The summed E-state index contributed by atoms with van der Waals surface area (Å²) in [6.45, 7) is 0. The van der Waals surface area contributed by atoms with Gasteiger partial charge in [0.15, 0.2) is 0 Å². The Kier molecular flexibility index (Phi) is 4.40. The van der Waals surface area contributed by atoms with E-state index in [1.165, 1.54) is 0 Å². The predicted molar refractivity (Wildman–Crippen MR) is 92.5 cm³/mol. The van der Waals surface area contributed by atoms with Crippen molar-refractivity contribution in [3.63, 3.8) is 0 Å². The van der Waals surface area contributed by atoms with Gasteiger partial charge < -0.3 is 10.4 Å². The highest BCUT2D eigenvalue weighted by atomic mass is 79.9. The summed E-state index contributed by atoms with van der Waals surface area (Å²) in [6.07, 6.45) is 2.09. The van der Waals surface area contributed by atoms with E-state index in [9.17, 15) is 9.90 Å². The van der Waals surface area contributed by atoms with Crippen LogP contribution in [0.3, 0.4) is 0 Å². The summed E-state index contributed by atoms with van der Waals surface area (Å²) in [7, 11) is 0. The second-order valence-electron chi connectivity index (χ2n) is 4.84. The van der Waals surface area contributed by atoms with Crippen molar-refractivity contribution in [3.05, 3.63) is 58.0 Å². The number of carbonyl (C=O) groups is 1. The minimum atomic E-state index is -0.894. The maximum atomic E-state index is 11.6. The van der Waals surface area contributed by atoms with Crippen LogP contribution in [0, 0.1) is 0 Å². The SMILES string of the molecule is O=C(O)[C@@H](Cc1ccccc1)Nc1nccc2scc(Br)c12. The van der Waals surface area contributed by atoms with Gasteiger partial charge in [-0.1, -0.05) is 30.3 Å². The highest BCUT2D eigenvalue weighted by molar-refractivity contribution is 9.10. The zero-order valence-corrected chi connectivity index (χ0v) is 13.9. The zero-order chi connectivity index (χ0) is 15.5. The fraction of sp³-hybridized carbons (Fsp3) is 0.125. The summed E-state index contributed by atoms with van der Waals surface area (Å²) >= 11 is 5.09. The Morgan fingerprint density at radius 2 is 2.09 bits per heavy atom. The van der Waals surface area contributed by atoms with Crippen molar-refractivity contribution in [2.45, 2.75) is 12.5 Å². The molecule has 0 amide bonds. The van der Waals surface area contributed by atoms with E-state index in [0.29, 0.717) is 12.2 Å². The molecule has 2 N–H and O–H groups in total. The predicted octanol–water partition coefficient (Wildman–Crippen LogP) is 4.17. The minimum absolute atomic E-state index is 0.399. The molecule has 2 heterocycles. The van der Waals surface area contributed by atoms with Gasteiger partial charge in [0.2, 0.25) is 0 Å². The smallest absolute Gasteiger partial charge is 0.326 e. The van der Waals surface area contributed by atoms with E-state index >= 15 is 0 Å². The molecule has 0 aliphatic carbocycles. The van der Waals surface area contributed by atoms with Crippen LogP contribution in [0.15, 0.2) is 52.4 Å². The first kappa shape index (κ1) is 15.0. The van der Waals surface area contributed by atoms with Crippen LogP contribution in [0.4, 0.5) is 5.82 Å². The fourth-order valence-corrected chi connectivity index (χ4v) is 3.90.